The van der Waals surface area contributed by atoms with E-state index in [0.717, 1.165) is 10.2 Å². The lowest BCUT2D eigenvalue weighted by Crippen LogP contribution is -2.14. The van der Waals surface area contributed by atoms with Crippen molar-refractivity contribution >= 4 is 23.3 Å². The molecule has 1 amide bonds. The van der Waals surface area contributed by atoms with E-state index in [1.165, 1.54) is 12.3 Å². The number of amides is 1. The van der Waals surface area contributed by atoms with Crippen molar-refractivity contribution in [1.82, 2.24) is 9.78 Å². The molecule has 0 aliphatic rings. The summed E-state index contributed by atoms with van der Waals surface area (Å²) in [5, 5.41) is 7.04. The van der Waals surface area contributed by atoms with Gasteiger partial charge in [-0.1, -0.05) is 23.7 Å². The van der Waals surface area contributed by atoms with Gasteiger partial charge in [0, 0.05) is 22.8 Å². The number of aryl methyl sites for hydroxylation is 1. The Morgan fingerprint density at radius 3 is 2.36 bits per heavy atom. The van der Waals surface area contributed by atoms with Crippen LogP contribution in [0.15, 0.2) is 54.7 Å². The maximum atomic E-state index is 13.9. The van der Waals surface area contributed by atoms with Crippen LogP contribution in [-0.2, 0) is 13.2 Å². The Labute approximate surface area is 207 Å². The number of rotatable bonds is 7. The third-order valence-electron chi connectivity index (χ3n) is 5.22. The molecule has 0 aliphatic heterocycles. The molecule has 5 nitrogen and oxygen atoms in total. The molecule has 0 unspecified atom stereocenters. The average Bonchev–Trinajstić information content (AvgIpc) is 3.30. The second kappa shape index (κ2) is 10.4. The molecule has 1 N–H and O–H groups in total. The van der Waals surface area contributed by atoms with Crippen molar-refractivity contribution in [3.8, 4) is 5.75 Å². The Morgan fingerprint density at radius 2 is 1.67 bits per heavy atom. The lowest BCUT2D eigenvalue weighted by Gasteiger charge is -2.10. The smallest absolute Gasteiger partial charge is 0.256 e. The molecule has 3 aromatic carbocycles. The summed E-state index contributed by atoms with van der Waals surface area (Å²) >= 11 is 5.95. The minimum absolute atomic E-state index is 0.0160. The Bertz CT molecular complexity index is 1430. The summed E-state index contributed by atoms with van der Waals surface area (Å²) < 4.78 is 74.7. The van der Waals surface area contributed by atoms with Gasteiger partial charge in [-0.25, -0.2) is 22.0 Å². The molecule has 1 aromatic heterocycles. The topological polar surface area (TPSA) is 56.1 Å². The summed E-state index contributed by atoms with van der Waals surface area (Å²) in [4.78, 5) is 12.7. The van der Waals surface area contributed by atoms with Crippen molar-refractivity contribution in [1.29, 1.82) is 0 Å². The van der Waals surface area contributed by atoms with Gasteiger partial charge in [-0.15, -0.1) is 0 Å². The molecule has 36 heavy (non-hydrogen) atoms. The van der Waals surface area contributed by atoms with E-state index in [1.54, 1.807) is 42.5 Å². The molecule has 0 bridgehead atoms. The minimum atomic E-state index is -2.24. The van der Waals surface area contributed by atoms with Crippen LogP contribution in [0.2, 0.25) is 5.02 Å². The lowest BCUT2D eigenvalue weighted by atomic mass is 10.1. The number of hydrogen-bond donors (Lipinski definition) is 1. The SMILES string of the molecule is Cc1cc(Cl)ccc1OCc1cccc(C(=O)Nc2ccn(Cc3c(F)c(F)c(F)c(F)c3F)n2)c1. The molecule has 186 valence electrons. The third kappa shape index (κ3) is 5.33. The fourth-order valence-electron chi connectivity index (χ4n) is 3.39. The maximum absolute atomic E-state index is 13.9. The molecule has 0 atom stereocenters. The Kier molecular flexibility index (Phi) is 7.25. The summed E-state index contributed by atoms with van der Waals surface area (Å²) in [5.41, 5.74) is 0.820. The Balaban J connectivity index is 1.43. The van der Waals surface area contributed by atoms with Gasteiger partial charge < -0.3 is 10.1 Å². The number of benzene rings is 3. The van der Waals surface area contributed by atoms with Gasteiger partial charge in [0.2, 0.25) is 5.82 Å². The number of carbonyl (C=O) groups is 1. The summed E-state index contributed by atoms with van der Waals surface area (Å²) in [7, 11) is 0. The van der Waals surface area contributed by atoms with Gasteiger partial charge in [0.25, 0.3) is 5.91 Å². The first-order valence-corrected chi connectivity index (χ1v) is 10.8. The predicted octanol–water partition coefficient (Wildman–Crippen LogP) is 6.42. The number of hydrogen-bond acceptors (Lipinski definition) is 3. The van der Waals surface area contributed by atoms with Gasteiger partial charge >= 0.3 is 0 Å². The summed E-state index contributed by atoms with van der Waals surface area (Å²) in [6.45, 7) is 1.31. The highest BCUT2D eigenvalue weighted by atomic mass is 35.5. The molecule has 0 aliphatic carbocycles. The van der Waals surface area contributed by atoms with E-state index in [-0.39, 0.29) is 12.4 Å². The van der Waals surface area contributed by atoms with Crippen molar-refractivity contribution in [2.45, 2.75) is 20.1 Å². The summed E-state index contributed by atoms with van der Waals surface area (Å²) in [5.74, 6) is -10.1. The van der Waals surface area contributed by atoms with Crippen LogP contribution in [0.3, 0.4) is 0 Å². The van der Waals surface area contributed by atoms with Crippen LogP contribution in [-0.4, -0.2) is 15.7 Å². The molecule has 0 saturated carbocycles. The van der Waals surface area contributed by atoms with Crippen LogP contribution in [0.4, 0.5) is 27.8 Å². The zero-order valence-corrected chi connectivity index (χ0v) is 19.3. The molecule has 0 spiro atoms. The van der Waals surface area contributed by atoms with Gasteiger partial charge in [-0.3, -0.25) is 9.48 Å². The molecular formula is C25H17ClF5N3O2. The molecular weight excluding hydrogens is 505 g/mol. The third-order valence-corrected chi connectivity index (χ3v) is 5.46. The zero-order valence-electron chi connectivity index (χ0n) is 18.6. The maximum Gasteiger partial charge on any atom is 0.256 e. The van der Waals surface area contributed by atoms with E-state index in [9.17, 15) is 26.7 Å². The Hall–Kier alpha value is -3.92. The molecule has 11 heteroatoms. The number of carbonyl (C=O) groups excluding carboxylic acids is 1. The highest BCUT2D eigenvalue weighted by molar-refractivity contribution is 6.30. The number of ether oxygens (including phenoxy) is 1. The van der Waals surface area contributed by atoms with Crippen LogP contribution in [0, 0.1) is 36.0 Å². The zero-order chi connectivity index (χ0) is 26.0. The largest absolute Gasteiger partial charge is 0.489 e. The quantitative estimate of drug-likeness (QED) is 0.173. The number of halogens is 6. The normalized spacial score (nSPS) is 11.0. The van der Waals surface area contributed by atoms with Crippen molar-refractivity contribution in [3.05, 3.63) is 111 Å². The fraction of sp³-hybridized carbons (Fsp3) is 0.120. The monoisotopic (exact) mass is 521 g/mol. The molecule has 0 fully saturated rings. The number of aromatic nitrogens is 2. The van der Waals surface area contributed by atoms with E-state index in [2.05, 4.69) is 10.4 Å². The number of nitrogens with zero attached hydrogens (tertiary/aromatic N) is 2. The second-order valence-electron chi connectivity index (χ2n) is 7.80. The average molecular weight is 522 g/mol. The molecule has 4 rings (SSSR count). The van der Waals surface area contributed by atoms with Crippen LogP contribution in [0.25, 0.3) is 0 Å². The van der Waals surface area contributed by atoms with Gasteiger partial charge in [0.05, 0.1) is 12.1 Å². The van der Waals surface area contributed by atoms with Gasteiger partial charge in [0.1, 0.15) is 12.4 Å². The number of nitrogens with one attached hydrogen (secondary N) is 1. The first-order chi connectivity index (χ1) is 17.1. The van der Waals surface area contributed by atoms with E-state index in [1.807, 2.05) is 6.92 Å². The second-order valence-corrected chi connectivity index (χ2v) is 8.24. The highest BCUT2D eigenvalue weighted by Gasteiger charge is 2.26. The van der Waals surface area contributed by atoms with Gasteiger partial charge in [0.15, 0.2) is 29.1 Å². The fourth-order valence-corrected chi connectivity index (χ4v) is 3.62. The lowest BCUT2D eigenvalue weighted by molar-refractivity contribution is 0.102. The minimum Gasteiger partial charge on any atom is -0.489 e. The van der Waals surface area contributed by atoms with E-state index in [0.29, 0.717) is 21.9 Å². The van der Waals surface area contributed by atoms with E-state index in [4.69, 9.17) is 16.3 Å². The van der Waals surface area contributed by atoms with Crippen LogP contribution < -0.4 is 10.1 Å². The van der Waals surface area contributed by atoms with Crippen LogP contribution in [0.5, 0.6) is 5.75 Å². The molecule has 1 heterocycles. The van der Waals surface area contributed by atoms with Crippen molar-refractivity contribution in [3.63, 3.8) is 0 Å². The van der Waals surface area contributed by atoms with Crippen LogP contribution in [0.1, 0.15) is 27.0 Å². The predicted molar refractivity (Wildman–Crippen MR) is 122 cm³/mol. The number of anilines is 1. The van der Waals surface area contributed by atoms with Crippen molar-refractivity contribution in [2.75, 3.05) is 5.32 Å². The van der Waals surface area contributed by atoms with E-state index < -0.39 is 47.1 Å². The van der Waals surface area contributed by atoms with Crippen molar-refractivity contribution in [2.24, 2.45) is 0 Å². The van der Waals surface area contributed by atoms with Crippen LogP contribution >= 0.6 is 11.6 Å². The van der Waals surface area contributed by atoms with Gasteiger partial charge in [-0.05, 0) is 48.4 Å². The van der Waals surface area contributed by atoms with Gasteiger partial charge in [-0.2, -0.15) is 5.10 Å². The molecule has 0 radical (unpaired) electrons. The summed E-state index contributed by atoms with van der Waals surface area (Å²) in [6.07, 6.45) is 1.23. The molecule has 4 aromatic rings. The van der Waals surface area contributed by atoms with Crippen molar-refractivity contribution < 1.29 is 31.5 Å². The van der Waals surface area contributed by atoms with E-state index >= 15 is 0 Å². The first kappa shape index (κ1) is 25.2. The standard InChI is InChI=1S/C25H17ClF5N3O2/c1-13-9-16(26)5-6-18(13)36-12-14-3-2-4-15(10-14)25(35)32-19-7-8-34(33-19)11-17-20(27)22(29)24(31)23(30)21(17)28/h2-10H,11-12H2,1H3,(H,32,33,35). The highest BCUT2D eigenvalue weighted by Crippen LogP contribution is 2.25. The first-order valence-electron chi connectivity index (χ1n) is 10.5. The molecule has 0 saturated heterocycles. The summed E-state index contributed by atoms with van der Waals surface area (Å²) in [6, 6.07) is 13.2. The Morgan fingerprint density at radius 1 is 0.972 bits per heavy atom.